The van der Waals surface area contributed by atoms with Gasteiger partial charge in [-0.15, -0.1) is 0 Å². The Balaban J connectivity index is 1.47. The summed E-state index contributed by atoms with van der Waals surface area (Å²) >= 11 is 0. The SMILES string of the molecule is c1ccc(-c2ccc3c(c2)C24c5ccccc5C(c5ccccc52)c2c(-c5ccccc5)ccc(c24)N3)cc1. The standard InChI is InChI=1S/C38H25N/c1-3-11-24(12-4-1)26-19-21-33-32(23-26)38-30-17-9-7-15-28(30)35(29-16-8-10-18-31(29)38)36-27(25-13-5-2-6-14-25)20-22-34(39-33)37(36)38/h1-23,35,39H. The molecular formula is C38H25N. The molecule has 0 aromatic heterocycles. The first-order valence-electron chi connectivity index (χ1n) is 13.7. The van der Waals surface area contributed by atoms with Crippen LogP contribution in [0.25, 0.3) is 22.3 Å². The van der Waals surface area contributed by atoms with E-state index in [0.717, 1.165) is 0 Å². The van der Waals surface area contributed by atoms with Crippen molar-refractivity contribution in [2.75, 3.05) is 5.32 Å². The molecule has 0 fully saturated rings. The molecule has 1 N–H and O–H groups in total. The molecule has 0 saturated carbocycles. The van der Waals surface area contributed by atoms with E-state index in [2.05, 4.69) is 145 Å². The van der Waals surface area contributed by atoms with Crippen molar-refractivity contribution in [3.63, 3.8) is 0 Å². The largest absolute Gasteiger partial charge is 0.355 e. The molecule has 0 amide bonds. The number of benzene rings is 6. The van der Waals surface area contributed by atoms with Gasteiger partial charge in [0.25, 0.3) is 0 Å². The molecule has 10 rings (SSSR count). The molecule has 0 atom stereocenters. The highest BCUT2D eigenvalue weighted by atomic mass is 14.9. The second-order valence-corrected chi connectivity index (χ2v) is 10.9. The smallest absolute Gasteiger partial charge is 0.0751 e. The van der Waals surface area contributed by atoms with Gasteiger partial charge in [0.05, 0.1) is 5.41 Å². The van der Waals surface area contributed by atoms with Crippen molar-refractivity contribution >= 4 is 11.4 Å². The third-order valence-electron chi connectivity index (χ3n) is 9.15. The first-order chi connectivity index (χ1) is 19.4. The minimum absolute atomic E-state index is 0.199. The maximum absolute atomic E-state index is 3.88. The number of hydrogen-bond donors (Lipinski definition) is 1. The van der Waals surface area contributed by atoms with Crippen LogP contribution in [0.3, 0.4) is 0 Å². The van der Waals surface area contributed by atoms with E-state index in [-0.39, 0.29) is 11.3 Å². The van der Waals surface area contributed by atoms with Gasteiger partial charge in [-0.05, 0) is 79.4 Å². The molecule has 4 aliphatic rings. The van der Waals surface area contributed by atoms with Gasteiger partial charge in [0.15, 0.2) is 0 Å². The van der Waals surface area contributed by atoms with Gasteiger partial charge >= 0.3 is 0 Å². The van der Waals surface area contributed by atoms with Gasteiger partial charge < -0.3 is 5.32 Å². The average molecular weight is 496 g/mol. The van der Waals surface area contributed by atoms with Crippen LogP contribution in [0.4, 0.5) is 11.4 Å². The van der Waals surface area contributed by atoms with E-state index in [1.807, 2.05) is 0 Å². The normalized spacial score (nSPS) is 18.8. The zero-order chi connectivity index (χ0) is 25.6. The average Bonchev–Trinajstić information content (AvgIpc) is 3.02. The van der Waals surface area contributed by atoms with Crippen LogP contribution in [0.2, 0.25) is 0 Å². The molecular weight excluding hydrogens is 470 g/mol. The van der Waals surface area contributed by atoms with E-state index in [9.17, 15) is 0 Å². The summed E-state index contributed by atoms with van der Waals surface area (Å²) in [5.41, 5.74) is 17.0. The minimum atomic E-state index is -0.386. The minimum Gasteiger partial charge on any atom is -0.355 e. The highest BCUT2D eigenvalue weighted by Gasteiger charge is 2.56. The van der Waals surface area contributed by atoms with Crippen molar-refractivity contribution in [3.05, 3.63) is 178 Å². The van der Waals surface area contributed by atoms with E-state index in [4.69, 9.17) is 0 Å². The van der Waals surface area contributed by atoms with Gasteiger partial charge in [-0.3, -0.25) is 0 Å². The molecule has 0 unspecified atom stereocenters. The molecule has 1 heteroatoms. The molecule has 1 aliphatic heterocycles. The van der Waals surface area contributed by atoms with Crippen LogP contribution in [0, 0.1) is 0 Å². The van der Waals surface area contributed by atoms with Crippen molar-refractivity contribution in [1.82, 2.24) is 0 Å². The monoisotopic (exact) mass is 495 g/mol. The molecule has 6 aromatic carbocycles. The zero-order valence-corrected chi connectivity index (χ0v) is 21.4. The lowest BCUT2D eigenvalue weighted by Crippen LogP contribution is -2.45. The van der Waals surface area contributed by atoms with E-state index < -0.39 is 0 Å². The number of nitrogens with one attached hydrogen (secondary N) is 1. The van der Waals surface area contributed by atoms with Crippen LogP contribution in [0.5, 0.6) is 0 Å². The summed E-state index contributed by atoms with van der Waals surface area (Å²) in [6, 6.07) is 51.7. The number of hydrogen-bond acceptors (Lipinski definition) is 1. The number of anilines is 2. The highest BCUT2D eigenvalue weighted by Crippen LogP contribution is 2.67. The third-order valence-corrected chi connectivity index (χ3v) is 9.15. The summed E-state index contributed by atoms with van der Waals surface area (Å²) in [6.07, 6.45) is 0. The Bertz CT molecular complexity index is 1890. The lowest BCUT2D eigenvalue weighted by Gasteiger charge is -2.54. The van der Waals surface area contributed by atoms with Crippen molar-refractivity contribution in [3.8, 4) is 22.3 Å². The summed E-state index contributed by atoms with van der Waals surface area (Å²) in [6.45, 7) is 0. The fraction of sp³-hybridized carbons (Fsp3) is 0.0526. The van der Waals surface area contributed by atoms with E-state index in [1.54, 1.807) is 0 Å². The van der Waals surface area contributed by atoms with Gasteiger partial charge in [-0.25, -0.2) is 0 Å². The molecule has 3 aliphatic carbocycles. The molecule has 6 aromatic rings. The van der Waals surface area contributed by atoms with Gasteiger partial charge in [0, 0.05) is 17.3 Å². The quantitative estimate of drug-likeness (QED) is 0.252. The second-order valence-electron chi connectivity index (χ2n) is 10.9. The maximum Gasteiger partial charge on any atom is 0.0751 e. The lowest BCUT2D eigenvalue weighted by atomic mass is 9.49. The van der Waals surface area contributed by atoms with Crippen LogP contribution in [-0.4, -0.2) is 0 Å². The van der Waals surface area contributed by atoms with E-state index in [1.165, 1.54) is 72.6 Å². The number of rotatable bonds is 2. The van der Waals surface area contributed by atoms with Gasteiger partial charge in [-0.1, -0.05) is 121 Å². The Labute approximate surface area is 228 Å². The van der Waals surface area contributed by atoms with Crippen molar-refractivity contribution < 1.29 is 0 Å². The van der Waals surface area contributed by atoms with Gasteiger partial charge in [0.1, 0.15) is 0 Å². The van der Waals surface area contributed by atoms with Crippen LogP contribution in [0.15, 0.2) is 140 Å². The number of fused-ring (bicyclic) bond motifs is 1. The second kappa shape index (κ2) is 7.58. The molecule has 1 nitrogen and oxygen atoms in total. The molecule has 39 heavy (non-hydrogen) atoms. The maximum atomic E-state index is 3.88. The van der Waals surface area contributed by atoms with Crippen LogP contribution < -0.4 is 5.32 Å². The summed E-state index contributed by atoms with van der Waals surface area (Å²) in [4.78, 5) is 0. The predicted octanol–water partition coefficient (Wildman–Crippen LogP) is 9.27. The summed E-state index contributed by atoms with van der Waals surface area (Å²) in [5.74, 6) is 0.199. The third kappa shape index (κ3) is 2.60. The van der Waals surface area contributed by atoms with Crippen LogP contribution in [0.1, 0.15) is 44.9 Å². The molecule has 182 valence electrons. The fourth-order valence-electron chi connectivity index (χ4n) is 7.71. The molecule has 2 bridgehead atoms. The van der Waals surface area contributed by atoms with Crippen LogP contribution >= 0.6 is 0 Å². The van der Waals surface area contributed by atoms with Gasteiger partial charge in [0.2, 0.25) is 0 Å². The molecule has 1 heterocycles. The summed E-state index contributed by atoms with van der Waals surface area (Å²) < 4.78 is 0. The van der Waals surface area contributed by atoms with Crippen molar-refractivity contribution in [2.24, 2.45) is 0 Å². The Morgan fingerprint density at radius 2 is 1.05 bits per heavy atom. The molecule has 0 radical (unpaired) electrons. The Kier molecular flexibility index (Phi) is 4.10. The molecule has 1 spiro atoms. The first-order valence-corrected chi connectivity index (χ1v) is 13.7. The first kappa shape index (κ1) is 21.1. The predicted molar refractivity (Wildman–Crippen MR) is 160 cm³/mol. The van der Waals surface area contributed by atoms with E-state index >= 15 is 0 Å². The van der Waals surface area contributed by atoms with E-state index in [0.29, 0.717) is 0 Å². The van der Waals surface area contributed by atoms with Crippen LogP contribution in [-0.2, 0) is 5.41 Å². The summed E-state index contributed by atoms with van der Waals surface area (Å²) in [7, 11) is 0. The topological polar surface area (TPSA) is 12.0 Å². The Hall–Kier alpha value is -4.88. The van der Waals surface area contributed by atoms with Crippen molar-refractivity contribution in [1.29, 1.82) is 0 Å². The Morgan fingerprint density at radius 3 is 1.74 bits per heavy atom. The zero-order valence-electron chi connectivity index (χ0n) is 21.4. The lowest BCUT2D eigenvalue weighted by molar-refractivity contribution is 0.628. The highest BCUT2D eigenvalue weighted by molar-refractivity contribution is 5.93. The fourth-order valence-corrected chi connectivity index (χ4v) is 7.71. The van der Waals surface area contributed by atoms with Gasteiger partial charge in [-0.2, -0.15) is 0 Å². The molecule has 0 saturated heterocycles. The Morgan fingerprint density at radius 1 is 0.462 bits per heavy atom. The summed E-state index contributed by atoms with van der Waals surface area (Å²) in [5, 5.41) is 3.88. The van der Waals surface area contributed by atoms with Crippen molar-refractivity contribution in [2.45, 2.75) is 11.3 Å².